The van der Waals surface area contributed by atoms with Gasteiger partial charge in [0, 0.05) is 40.4 Å². The number of sulfonamides is 2. The molecule has 1 amide bonds. The van der Waals surface area contributed by atoms with Gasteiger partial charge < -0.3 is 5.32 Å². The lowest BCUT2D eigenvalue weighted by atomic mass is 9.99. The molecule has 1 aliphatic heterocycles. The Morgan fingerprint density at radius 2 is 1.86 bits per heavy atom. The number of halogens is 2. The van der Waals surface area contributed by atoms with Crippen LogP contribution in [0.1, 0.15) is 18.4 Å². The minimum absolute atomic E-state index is 0.0199. The van der Waals surface area contributed by atoms with Crippen molar-refractivity contribution >= 4 is 71.3 Å². The van der Waals surface area contributed by atoms with Crippen molar-refractivity contribution < 1.29 is 21.6 Å². The third-order valence-electron chi connectivity index (χ3n) is 5.59. The average Bonchev–Trinajstić information content (AvgIpc) is 3.34. The van der Waals surface area contributed by atoms with E-state index in [0.29, 0.717) is 35.7 Å². The third kappa shape index (κ3) is 6.55. The smallest absolute Gasteiger partial charge is 0.263 e. The fourth-order valence-corrected chi connectivity index (χ4v) is 7.73. The zero-order chi connectivity index (χ0) is 25.9. The summed E-state index contributed by atoms with van der Waals surface area (Å²) in [6.45, 7) is 0.361. The SMILES string of the molecule is O=C(Nc1ccc(S(=O)(=O)Nc2nccs2)cc1)[C@H]1CCCN(S(=O)(=O)Cc2ccc(Cl)cc2Cl)C1. The van der Waals surface area contributed by atoms with E-state index in [1.54, 1.807) is 17.5 Å². The number of nitrogens with zero attached hydrogens (tertiary/aromatic N) is 2. The van der Waals surface area contributed by atoms with Gasteiger partial charge >= 0.3 is 0 Å². The molecule has 14 heteroatoms. The van der Waals surface area contributed by atoms with Crippen LogP contribution in [0.3, 0.4) is 0 Å². The van der Waals surface area contributed by atoms with E-state index in [2.05, 4.69) is 15.0 Å². The number of amides is 1. The second-order valence-electron chi connectivity index (χ2n) is 8.15. The van der Waals surface area contributed by atoms with Crippen LogP contribution in [0.2, 0.25) is 10.0 Å². The molecule has 1 saturated heterocycles. The van der Waals surface area contributed by atoms with Gasteiger partial charge in [0.25, 0.3) is 10.0 Å². The van der Waals surface area contributed by atoms with Crippen molar-refractivity contribution in [2.75, 3.05) is 23.1 Å². The maximum atomic E-state index is 13.0. The molecule has 0 unspecified atom stereocenters. The van der Waals surface area contributed by atoms with Gasteiger partial charge in [0.15, 0.2) is 5.13 Å². The number of hydrogen-bond acceptors (Lipinski definition) is 7. The lowest BCUT2D eigenvalue weighted by Crippen LogP contribution is -2.44. The molecule has 2 heterocycles. The maximum Gasteiger partial charge on any atom is 0.263 e. The molecule has 0 aliphatic carbocycles. The van der Waals surface area contributed by atoms with E-state index in [1.165, 1.54) is 40.8 Å². The highest BCUT2D eigenvalue weighted by molar-refractivity contribution is 7.93. The van der Waals surface area contributed by atoms with Gasteiger partial charge in [-0.1, -0.05) is 29.3 Å². The molecule has 1 aliphatic rings. The van der Waals surface area contributed by atoms with Crippen molar-refractivity contribution in [3.05, 3.63) is 69.7 Å². The summed E-state index contributed by atoms with van der Waals surface area (Å²) in [6.07, 6.45) is 2.56. The third-order valence-corrected chi connectivity index (χ3v) is 10.1. The monoisotopic (exact) mass is 588 g/mol. The topological polar surface area (TPSA) is 126 Å². The zero-order valence-corrected chi connectivity index (χ0v) is 22.7. The van der Waals surface area contributed by atoms with Gasteiger partial charge in [0.2, 0.25) is 15.9 Å². The van der Waals surface area contributed by atoms with Gasteiger partial charge in [-0.2, -0.15) is 0 Å². The van der Waals surface area contributed by atoms with Crippen molar-refractivity contribution in [2.24, 2.45) is 5.92 Å². The molecule has 2 aromatic carbocycles. The van der Waals surface area contributed by atoms with Crippen molar-refractivity contribution in [1.82, 2.24) is 9.29 Å². The highest BCUT2D eigenvalue weighted by Crippen LogP contribution is 2.27. The number of anilines is 2. The van der Waals surface area contributed by atoms with Crippen LogP contribution in [0.4, 0.5) is 10.8 Å². The summed E-state index contributed by atoms with van der Waals surface area (Å²) in [4.78, 5) is 16.8. The largest absolute Gasteiger partial charge is 0.326 e. The van der Waals surface area contributed by atoms with E-state index in [1.807, 2.05) is 0 Å². The normalized spacial score (nSPS) is 17.0. The Bertz CT molecular complexity index is 1450. The minimum atomic E-state index is -3.81. The van der Waals surface area contributed by atoms with Crippen molar-refractivity contribution in [1.29, 1.82) is 0 Å². The van der Waals surface area contributed by atoms with E-state index in [4.69, 9.17) is 23.2 Å². The summed E-state index contributed by atoms with van der Waals surface area (Å²) < 4.78 is 54.6. The first-order valence-corrected chi connectivity index (χ1v) is 15.5. The Morgan fingerprint density at radius 3 is 2.53 bits per heavy atom. The summed E-state index contributed by atoms with van der Waals surface area (Å²) >= 11 is 13.2. The number of rotatable bonds is 8. The predicted octanol–water partition coefficient (Wildman–Crippen LogP) is 4.43. The Labute approximate surface area is 223 Å². The van der Waals surface area contributed by atoms with Crippen LogP contribution in [0.5, 0.6) is 0 Å². The average molecular weight is 590 g/mol. The van der Waals surface area contributed by atoms with E-state index in [-0.39, 0.29) is 33.3 Å². The summed E-state index contributed by atoms with van der Waals surface area (Å²) in [6, 6.07) is 10.4. The Kier molecular flexibility index (Phi) is 8.22. The number of hydrogen-bond donors (Lipinski definition) is 2. The molecule has 4 rings (SSSR count). The van der Waals surface area contributed by atoms with Gasteiger partial charge in [0.05, 0.1) is 16.6 Å². The molecule has 192 valence electrons. The van der Waals surface area contributed by atoms with Gasteiger partial charge in [-0.05, 0) is 54.8 Å². The summed E-state index contributed by atoms with van der Waals surface area (Å²) in [7, 11) is -7.52. The van der Waals surface area contributed by atoms with Gasteiger partial charge in [-0.3, -0.25) is 9.52 Å². The number of carbonyl (C=O) groups excluding carboxylic acids is 1. The maximum absolute atomic E-state index is 13.0. The molecule has 1 fully saturated rings. The highest BCUT2D eigenvalue weighted by atomic mass is 35.5. The molecule has 2 N–H and O–H groups in total. The van der Waals surface area contributed by atoms with Crippen LogP contribution in [-0.4, -0.2) is 45.1 Å². The van der Waals surface area contributed by atoms with Gasteiger partial charge in [-0.25, -0.2) is 26.1 Å². The number of piperidine rings is 1. The molecular formula is C22H22Cl2N4O5S3. The molecule has 1 aromatic heterocycles. The number of thiazole rings is 1. The fourth-order valence-electron chi connectivity index (χ4n) is 3.75. The van der Waals surface area contributed by atoms with Gasteiger partial charge in [-0.15, -0.1) is 11.3 Å². The number of aromatic nitrogens is 1. The lowest BCUT2D eigenvalue weighted by Gasteiger charge is -2.31. The second kappa shape index (κ2) is 11.0. The zero-order valence-electron chi connectivity index (χ0n) is 18.7. The van der Waals surface area contributed by atoms with E-state index in [9.17, 15) is 21.6 Å². The Hall–Kier alpha value is -2.22. The first-order chi connectivity index (χ1) is 17.0. The standard InChI is InChI=1S/C22H22Cl2N4O5S3/c23-17-4-3-16(20(24)12-17)14-35(30,31)28-10-1-2-15(13-28)21(29)26-18-5-7-19(8-6-18)36(32,33)27-22-25-9-11-34-22/h3-9,11-12,15H,1-2,10,13-14H2,(H,25,27)(H,26,29)/t15-/m0/s1. The minimum Gasteiger partial charge on any atom is -0.326 e. The Morgan fingerprint density at radius 1 is 1.11 bits per heavy atom. The molecule has 9 nitrogen and oxygen atoms in total. The first-order valence-electron chi connectivity index (χ1n) is 10.8. The lowest BCUT2D eigenvalue weighted by molar-refractivity contribution is -0.120. The number of nitrogens with one attached hydrogen (secondary N) is 2. The van der Waals surface area contributed by atoms with Crippen molar-refractivity contribution in [2.45, 2.75) is 23.5 Å². The van der Waals surface area contributed by atoms with Crippen molar-refractivity contribution in [3.63, 3.8) is 0 Å². The predicted molar refractivity (Wildman–Crippen MR) is 141 cm³/mol. The van der Waals surface area contributed by atoms with E-state index in [0.717, 1.165) is 11.3 Å². The fraction of sp³-hybridized carbons (Fsp3) is 0.273. The molecular weight excluding hydrogens is 567 g/mol. The highest BCUT2D eigenvalue weighted by Gasteiger charge is 2.33. The van der Waals surface area contributed by atoms with Crippen LogP contribution in [0.15, 0.2) is 58.9 Å². The van der Waals surface area contributed by atoms with E-state index >= 15 is 0 Å². The number of carbonyl (C=O) groups is 1. The van der Waals surface area contributed by atoms with Crippen LogP contribution in [0.25, 0.3) is 0 Å². The van der Waals surface area contributed by atoms with Crippen molar-refractivity contribution in [3.8, 4) is 0 Å². The number of benzene rings is 2. The summed E-state index contributed by atoms with van der Waals surface area (Å²) in [5, 5.41) is 5.34. The molecule has 1 atom stereocenters. The molecule has 3 aromatic rings. The molecule has 36 heavy (non-hydrogen) atoms. The first kappa shape index (κ1) is 26.8. The van der Waals surface area contributed by atoms with Crippen LogP contribution in [0, 0.1) is 5.92 Å². The van der Waals surface area contributed by atoms with Crippen LogP contribution in [-0.2, 0) is 30.6 Å². The second-order valence-corrected chi connectivity index (χ2v) is 13.5. The van der Waals surface area contributed by atoms with Gasteiger partial charge in [0.1, 0.15) is 0 Å². The van der Waals surface area contributed by atoms with Crippen LogP contribution >= 0.6 is 34.5 Å². The molecule has 0 bridgehead atoms. The molecule has 0 radical (unpaired) electrons. The van der Waals surface area contributed by atoms with Crippen LogP contribution < -0.4 is 10.0 Å². The summed E-state index contributed by atoms with van der Waals surface area (Å²) in [5.41, 5.74) is 0.841. The van der Waals surface area contributed by atoms with E-state index < -0.39 is 26.0 Å². The quantitative estimate of drug-likeness (QED) is 0.401. The summed E-state index contributed by atoms with van der Waals surface area (Å²) in [5.74, 6) is -1.18. The Balaban J connectivity index is 1.38. The molecule has 0 spiro atoms. The molecule has 0 saturated carbocycles.